The molecule has 1 atom stereocenters. The molecule has 1 fully saturated rings. The molecule has 8 heteroatoms. The van der Waals surface area contributed by atoms with E-state index in [1.54, 1.807) is 30.2 Å². The Morgan fingerprint density at radius 2 is 1.96 bits per heavy atom. The Labute approximate surface area is 156 Å². The number of nitrogens with one attached hydrogen (secondary N) is 1. The molecule has 0 radical (unpaired) electrons. The van der Waals surface area contributed by atoms with Crippen LogP contribution in [0.3, 0.4) is 0 Å². The number of urea groups is 1. The molecule has 144 valence electrons. The lowest BCUT2D eigenvalue weighted by atomic mass is 9.97. The van der Waals surface area contributed by atoms with E-state index in [2.05, 4.69) is 10.3 Å². The van der Waals surface area contributed by atoms with Crippen molar-refractivity contribution in [2.45, 2.75) is 25.8 Å². The summed E-state index contributed by atoms with van der Waals surface area (Å²) in [6, 6.07) is 5.25. The molecule has 2 amide bonds. The largest absolute Gasteiger partial charge is 0.469 e. The summed E-state index contributed by atoms with van der Waals surface area (Å²) in [6.45, 7) is 2.76. The van der Waals surface area contributed by atoms with Gasteiger partial charge in [0, 0.05) is 18.7 Å². The molecular weight excluding hydrogens is 353 g/mol. The number of esters is 1. The average molecular weight is 375 g/mol. The Bertz CT molecular complexity index is 798. The molecule has 0 aliphatic carbocycles. The van der Waals surface area contributed by atoms with E-state index in [1.165, 1.54) is 19.2 Å². The van der Waals surface area contributed by atoms with Crippen molar-refractivity contribution in [3.8, 4) is 11.3 Å². The second-order valence-electron chi connectivity index (χ2n) is 6.53. The first-order valence-electron chi connectivity index (χ1n) is 8.83. The summed E-state index contributed by atoms with van der Waals surface area (Å²) < 4.78 is 23.5. The van der Waals surface area contributed by atoms with E-state index in [0.717, 1.165) is 0 Å². The quantitative estimate of drug-likeness (QED) is 0.830. The number of rotatable bonds is 4. The molecule has 0 bridgehead atoms. The average Bonchev–Trinajstić information content (AvgIpc) is 3.18. The van der Waals surface area contributed by atoms with Gasteiger partial charge in [-0.15, -0.1) is 0 Å². The molecule has 2 heterocycles. The lowest BCUT2D eigenvalue weighted by Gasteiger charge is -2.31. The van der Waals surface area contributed by atoms with Crippen LogP contribution in [0.25, 0.3) is 11.3 Å². The molecule has 0 saturated carbocycles. The number of aromatic nitrogens is 1. The van der Waals surface area contributed by atoms with Crippen molar-refractivity contribution in [3.05, 3.63) is 42.2 Å². The van der Waals surface area contributed by atoms with Crippen LogP contribution in [-0.4, -0.2) is 42.1 Å². The third kappa shape index (κ3) is 4.45. The van der Waals surface area contributed by atoms with Gasteiger partial charge in [-0.3, -0.25) is 4.79 Å². The van der Waals surface area contributed by atoms with Crippen LogP contribution in [0.4, 0.5) is 9.18 Å². The molecule has 1 saturated heterocycles. The molecule has 1 aromatic carbocycles. The molecule has 1 aliphatic rings. The summed E-state index contributed by atoms with van der Waals surface area (Å²) in [7, 11) is 1.37. The standard InChI is InChI=1S/C19H22FN3O4/c1-12(17-21-11-16(27-17)13-3-5-15(20)6-4-13)22-19(25)23-9-7-14(8-10-23)18(24)26-2/h3-6,11-12,14H,7-10H2,1-2H3,(H,22,25). The van der Waals surface area contributed by atoms with Gasteiger partial charge in [-0.25, -0.2) is 14.2 Å². The normalized spacial score (nSPS) is 16.0. The summed E-state index contributed by atoms with van der Waals surface area (Å²) in [5.41, 5.74) is 0.707. The number of benzene rings is 1. The summed E-state index contributed by atoms with van der Waals surface area (Å²) in [6.07, 6.45) is 2.72. The Hall–Kier alpha value is -2.90. The lowest BCUT2D eigenvalue weighted by Crippen LogP contribution is -2.46. The summed E-state index contributed by atoms with van der Waals surface area (Å²) >= 11 is 0. The van der Waals surface area contributed by atoms with Gasteiger partial charge in [0.15, 0.2) is 5.76 Å². The Morgan fingerprint density at radius 3 is 2.59 bits per heavy atom. The minimum Gasteiger partial charge on any atom is -0.469 e. The highest BCUT2D eigenvalue weighted by molar-refractivity contribution is 5.76. The van der Waals surface area contributed by atoms with Crippen molar-refractivity contribution < 1.29 is 23.1 Å². The topological polar surface area (TPSA) is 84.7 Å². The van der Waals surface area contributed by atoms with Crippen molar-refractivity contribution in [1.82, 2.24) is 15.2 Å². The van der Waals surface area contributed by atoms with Crippen LogP contribution in [0, 0.1) is 11.7 Å². The van der Waals surface area contributed by atoms with Gasteiger partial charge in [0.25, 0.3) is 0 Å². The van der Waals surface area contributed by atoms with Gasteiger partial charge in [-0.2, -0.15) is 0 Å². The second-order valence-corrected chi connectivity index (χ2v) is 6.53. The third-order valence-corrected chi connectivity index (χ3v) is 4.68. The number of piperidine rings is 1. The monoisotopic (exact) mass is 375 g/mol. The van der Waals surface area contributed by atoms with Crippen LogP contribution >= 0.6 is 0 Å². The molecule has 7 nitrogen and oxygen atoms in total. The van der Waals surface area contributed by atoms with Crippen molar-refractivity contribution in [2.75, 3.05) is 20.2 Å². The minimum absolute atomic E-state index is 0.151. The fraction of sp³-hybridized carbons (Fsp3) is 0.421. The maximum Gasteiger partial charge on any atom is 0.318 e. The number of hydrogen-bond acceptors (Lipinski definition) is 5. The highest BCUT2D eigenvalue weighted by Gasteiger charge is 2.28. The Balaban J connectivity index is 1.56. The van der Waals surface area contributed by atoms with Crippen molar-refractivity contribution in [1.29, 1.82) is 0 Å². The molecule has 1 aromatic heterocycles. The van der Waals surface area contributed by atoms with Crippen LogP contribution in [0.5, 0.6) is 0 Å². The predicted molar refractivity (Wildman–Crippen MR) is 95.2 cm³/mol. The molecule has 3 rings (SSSR count). The number of halogens is 1. The zero-order valence-corrected chi connectivity index (χ0v) is 15.3. The SMILES string of the molecule is COC(=O)C1CCN(C(=O)NC(C)c2ncc(-c3ccc(F)cc3)o2)CC1. The van der Waals surface area contributed by atoms with Crippen molar-refractivity contribution in [2.24, 2.45) is 5.92 Å². The number of carbonyl (C=O) groups excluding carboxylic acids is 2. The zero-order valence-electron chi connectivity index (χ0n) is 15.3. The summed E-state index contributed by atoms with van der Waals surface area (Å²) in [5.74, 6) is 0.171. The first-order chi connectivity index (χ1) is 13.0. The van der Waals surface area contributed by atoms with Crippen molar-refractivity contribution in [3.63, 3.8) is 0 Å². The Kier molecular flexibility index (Phi) is 5.73. The Morgan fingerprint density at radius 1 is 1.30 bits per heavy atom. The fourth-order valence-electron chi connectivity index (χ4n) is 3.06. The molecule has 1 N–H and O–H groups in total. The van der Waals surface area contributed by atoms with Gasteiger partial charge in [-0.05, 0) is 44.0 Å². The van der Waals surface area contributed by atoms with Crippen LogP contribution in [0.2, 0.25) is 0 Å². The van der Waals surface area contributed by atoms with Gasteiger partial charge in [0.2, 0.25) is 5.89 Å². The highest BCUT2D eigenvalue weighted by Crippen LogP contribution is 2.24. The van der Waals surface area contributed by atoms with E-state index in [-0.39, 0.29) is 23.7 Å². The van der Waals surface area contributed by atoms with Gasteiger partial charge in [0.05, 0.1) is 19.2 Å². The number of likely N-dealkylation sites (tertiary alicyclic amines) is 1. The van der Waals surface area contributed by atoms with E-state index in [9.17, 15) is 14.0 Å². The van der Waals surface area contributed by atoms with Crippen LogP contribution in [0.15, 0.2) is 34.9 Å². The lowest BCUT2D eigenvalue weighted by molar-refractivity contribution is -0.146. The zero-order chi connectivity index (χ0) is 19.4. The third-order valence-electron chi connectivity index (χ3n) is 4.68. The number of methoxy groups -OCH3 is 1. The highest BCUT2D eigenvalue weighted by atomic mass is 19.1. The van der Waals surface area contributed by atoms with E-state index < -0.39 is 6.04 Å². The first kappa shape index (κ1) is 18.9. The maximum absolute atomic E-state index is 13.0. The maximum atomic E-state index is 13.0. The number of oxazole rings is 1. The number of amides is 2. The van der Waals surface area contributed by atoms with E-state index in [1.807, 2.05) is 0 Å². The number of hydrogen-bond donors (Lipinski definition) is 1. The van der Waals surface area contributed by atoms with Gasteiger partial charge >= 0.3 is 12.0 Å². The molecule has 1 aliphatic heterocycles. The molecule has 27 heavy (non-hydrogen) atoms. The smallest absolute Gasteiger partial charge is 0.318 e. The summed E-state index contributed by atoms with van der Waals surface area (Å²) in [4.78, 5) is 29.9. The molecule has 0 spiro atoms. The minimum atomic E-state index is -0.426. The summed E-state index contributed by atoms with van der Waals surface area (Å²) in [5, 5.41) is 2.85. The fourth-order valence-corrected chi connectivity index (χ4v) is 3.06. The van der Waals surface area contributed by atoms with E-state index in [4.69, 9.17) is 9.15 Å². The molecular formula is C19H22FN3O4. The second kappa shape index (κ2) is 8.20. The van der Waals surface area contributed by atoms with E-state index >= 15 is 0 Å². The van der Waals surface area contributed by atoms with Crippen LogP contribution < -0.4 is 5.32 Å². The first-order valence-corrected chi connectivity index (χ1v) is 8.83. The van der Waals surface area contributed by atoms with Crippen LogP contribution in [-0.2, 0) is 9.53 Å². The van der Waals surface area contributed by atoms with Crippen molar-refractivity contribution >= 4 is 12.0 Å². The van der Waals surface area contributed by atoms with Gasteiger partial charge in [-0.1, -0.05) is 0 Å². The number of carbonyl (C=O) groups is 2. The number of nitrogens with zero attached hydrogens (tertiary/aromatic N) is 2. The van der Waals surface area contributed by atoms with Crippen LogP contribution in [0.1, 0.15) is 31.7 Å². The molecule has 2 aromatic rings. The predicted octanol–water partition coefficient (Wildman–Crippen LogP) is 3.14. The molecule has 1 unspecified atom stereocenters. The van der Waals surface area contributed by atoms with Gasteiger partial charge < -0.3 is 19.4 Å². The van der Waals surface area contributed by atoms with Gasteiger partial charge in [0.1, 0.15) is 11.9 Å². The van der Waals surface area contributed by atoms with E-state index in [0.29, 0.717) is 43.1 Å². The number of ether oxygens (including phenoxy) is 1.